The van der Waals surface area contributed by atoms with Crippen LogP contribution >= 0.6 is 12.2 Å². The Morgan fingerprint density at radius 2 is 2.17 bits per heavy atom. The summed E-state index contributed by atoms with van der Waals surface area (Å²) < 4.78 is 3.94. The number of nitrogens with one attached hydrogen (secondary N) is 2. The van der Waals surface area contributed by atoms with Gasteiger partial charge < -0.3 is 0 Å². The summed E-state index contributed by atoms with van der Waals surface area (Å²) in [5.41, 5.74) is 0.732. The Hall–Kier alpha value is -2.21. The number of nitrogens with zero attached hydrogens (tertiary/aromatic N) is 2. The first-order chi connectivity index (χ1) is 8.74. The van der Waals surface area contributed by atoms with E-state index in [0.29, 0.717) is 22.5 Å². The fourth-order valence-electron chi connectivity index (χ4n) is 2.12. The second-order valence-corrected chi connectivity index (χ2v) is 4.32. The molecule has 0 atom stereocenters. The molecule has 1 aromatic carbocycles. The van der Waals surface area contributed by atoms with E-state index in [9.17, 15) is 4.79 Å². The predicted octanol–water partition coefficient (Wildman–Crippen LogP) is 1.31. The fourth-order valence-corrected chi connectivity index (χ4v) is 2.35. The maximum atomic E-state index is 12.4. The number of H-pyrrole nitrogens is 2. The summed E-state index contributed by atoms with van der Waals surface area (Å²) in [7, 11) is 0. The Balaban J connectivity index is 2.68. The highest BCUT2D eigenvalue weighted by atomic mass is 32.1. The van der Waals surface area contributed by atoms with Gasteiger partial charge in [-0.15, -0.1) is 6.58 Å². The molecule has 0 saturated heterocycles. The normalized spacial score (nSPS) is 11.1. The zero-order valence-electron chi connectivity index (χ0n) is 9.51. The Morgan fingerprint density at radius 1 is 1.39 bits per heavy atom. The van der Waals surface area contributed by atoms with Crippen molar-refractivity contribution in [2.24, 2.45) is 0 Å². The molecular formula is C12H11N4OS+. The van der Waals surface area contributed by atoms with Crippen LogP contribution in [0.5, 0.6) is 0 Å². The number of para-hydroxylation sites is 1. The van der Waals surface area contributed by atoms with Crippen LogP contribution in [-0.2, 0) is 6.54 Å². The first-order valence-electron chi connectivity index (χ1n) is 5.49. The van der Waals surface area contributed by atoms with E-state index < -0.39 is 0 Å². The minimum atomic E-state index is -0.0595. The van der Waals surface area contributed by atoms with Crippen LogP contribution in [0.3, 0.4) is 0 Å². The van der Waals surface area contributed by atoms with Crippen LogP contribution in [0.4, 0.5) is 0 Å². The molecule has 0 aliphatic rings. The summed E-state index contributed by atoms with van der Waals surface area (Å²) in [5.74, 6) is 0.628. The molecule has 2 aromatic heterocycles. The zero-order valence-corrected chi connectivity index (χ0v) is 10.3. The number of aromatic nitrogens is 4. The molecule has 3 rings (SSSR count). The summed E-state index contributed by atoms with van der Waals surface area (Å²) in [5, 5.41) is 6.41. The molecule has 0 fully saturated rings. The number of fused-ring (bicyclic) bond motifs is 3. The largest absolute Gasteiger partial charge is 0.355 e. The number of aromatic amines is 2. The van der Waals surface area contributed by atoms with Crippen molar-refractivity contribution in [2.45, 2.75) is 6.54 Å². The van der Waals surface area contributed by atoms with Crippen molar-refractivity contribution in [1.82, 2.24) is 14.8 Å². The highest BCUT2D eigenvalue weighted by molar-refractivity contribution is 7.71. The molecule has 2 heterocycles. The number of benzene rings is 1. The lowest BCUT2D eigenvalue weighted by Gasteiger charge is -2.02. The second kappa shape index (κ2) is 3.92. The summed E-state index contributed by atoms with van der Waals surface area (Å²) in [6.07, 6.45) is 1.68. The molecule has 0 saturated carbocycles. The van der Waals surface area contributed by atoms with Crippen molar-refractivity contribution in [2.75, 3.05) is 0 Å². The molecule has 90 valence electrons. The molecule has 0 radical (unpaired) electrons. The smallest absolute Gasteiger partial charge is 0.255 e. The third kappa shape index (κ3) is 1.36. The van der Waals surface area contributed by atoms with Crippen LogP contribution in [0, 0.1) is 4.77 Å². The minimum Gasteiger partial charge on any atom is -0.255 e. The van der Waals surface area contributed by atoms with Gasteiger partial charge in [0.2, 0.25) is 0 Å². The van der Waals surface area contributed by atoms with Gasteiger partial charge in [0.25, 0.3) is 4.77 Å². The van der Waals surface area contributed by atoms with Crippen molar-refractivity contribution in [3.8, 4) is 0 Å². The Labute approximate surface area is 107 Å². The quantitative estimate of drug-likeness (QED) is 0.414. The lowest BCUT2D eigenvalue weighted by Crippen LogP contribution is -2.34. The van der Waals surface area contributed by atoms with Crippen molar-refractivity contribution >= 4 is 28.9 Å². The minimum absolute atomic E-state index is 0.0595. The van der Waals surface area contributed by atoms with Crippen molar-refractivity contribution in [3.05, 3.63) is 52.0 Å². The van der Waals surface area contributed by atoms with Crippen LogP contribution in [0.2, 0.25) is 0 Å². The van der Waals surface area contributed by atoms with E-state index in [1.165, 1.54) is 0 Å². The summed E-state index contributed by atoms with van der Waals surface area (Å²) in [6.45, 7) is 4.10. The van der Waals surface area contributed by atoms with E-state index in [-0.39, 0.29) is 5.56 Å². The van der Waals surface area contributed by atoms with E-state index in [0.717, 1.165) is 5.52 Å². The predicted molar refractivity (Wildman–Crippen MR) is 71.1 cm³/mol. The highest BCUT2D eigenvalue weighted by Crippen LogP contribution is 2.06. The first kappa shape index (κ1) is 10.9. The number of rotatable bonds is 2. The van der Waals surface area contributed by atoms with Crippen LogP contribution in [-0.4, -0.2) is 14.8 Å². The molecule has 3 aromatic rings. The van der Waals surface area contributed by atoms with Crippen molar-refractivity contribution < 1.29 is 4.40 Å². The van der Waals surface area contributed by atoms with E-state index in [1.54, 1.807) is 16.7 Å². The van der Waals surface area contributed by atoms with Crippen LogP contribution < -0.4 is 9.96 Å². The molecule has 5 nitrogen and oxygen atoms in total. The third-order valence-corrected chi connectivity index (χ3v) is 3.17. The van der Waals surface area contributed by atoms with Gasteiger partial charge in [-0.05, 0) is 24.4 Å². The zero-order chi connectivity index (χ0) is 12.7. The van der Waals surface area contributed by atoms with Gasteiger partial charge >= 0.3 is 11.3 Å². The molecule has 0 aliphatic heterocycles. The molecule has 0 aliphatic carbocycles. The number of allylic oxidation sites excluding steroid dienone is 1. The third-order valence-electron chi connectivity index (χ3n) is 2.88. The summed E-state index contributed by atoms with van der Waals surface area (Å²) in [4.78, 5) is 12.4. The monoisotopic (exact) mass is 259 g/mol. The molecule has 0 bridgehead atoms. The maximum Gasteiger partial charge on any atom is 0.355 e. The second-order valence-electron chi connectivity index (χ2n) is 3.94. The van der Waals surface area contributed by atoms with Crippen molar-refractivity contribution in [1.29, 1.82) is 0 Å². The van der Waals surface area contributed by atoms with E-state index >= 15 is 0 Å². The number of hydrogen-bond donors (Lipinski definition) is 2. The summed E-state index contributed by atoms with van der Waals surface area (Å²) >= 11 is 5.24. The highest BCUT2D eigenvalue weighted by Gasteiger charge is 2.17. The standard InChI is InChI=1S/C12H10N4OS/c1-2-7-15-10(17)8-5-3-4-6-9(8)16-11(15)13-14-12(16)18/h2-6H,1,7H2,(H,14,18)/p+1. The number of hydrogen-bond acceptors (Lipinski definition) is 2. The average Bonchev–Trinajstić information content (AvgIpc) is 2.77. The topological polar surface area (TPSA) is 57.7 Å². The van der Waals surface area contributed by atoms with Gasteiger partial charge in [0.05, 0.1) is 11.9 Å². The van der Waals surface area contributed by atoms with E-state index in [1.807, 2.05) is 22.6 Å². The molecule has 18 heavy (non-hydrogen) atoms. The van der Waals surface area contributed by atoms with Crippen molar-refractivity contribution in [3.63, 3.8) is 0 Å². The Kier molecular flexibility index (Phi) is 2.38. The fraction of sp³-hybridized carbons (Fsp3) is 0.0833. The molecule has 6 heteroatoms. The van der Waals surface area contributed by atoms with Gasteiger partial charge in [-0.3, -0.25) is 4.79 Å². The Morgan fingerprint density at radius 3 is 2.94 bits per heavy atom. The van der Waals surface area contributed by atoms with Gasteiger partial charge in [-0.2, -0.15) is 14.6 Å². The SMILES string of the molecule is C=CCn1c(=O)c2ccccc2[n+]2c(=S)[nH][nH]c12. The molecule has 0 spiro atoms. The van der Waals surface area contributed by atoms with Crippen LogP contribution in [0.1, 0.15) is 0 Å². The lowest BCUT2D eigenvalue weighted by molar-refractivity contribution is -0.493. The molecule has 0 unspecified atom stereocenters. The van der Waals surface area contributed by atoms with E-state index in [4.69, 9.17) is 12.2 Å². The Bertz CT molecular complexity index is 871. The van der Waals surface area contributed by atoms with Crippen LogP contribution in [0.25, 0.3) is 16.7 Å². The average molecular weight is 259 g/mol. The molecule has 0 amide bonds. The maximum absolute atomic E-state index is 12.4. The van der Waals surface area contributed by atoms with Gasteiger partial charge in [0, 0.05) is 0 Å². The first-order valence-corrected chi connectivity index (χ1v) is 5.89. The molecule has 2 N–H and O–H groups in total. The van der Waals surface area contributed by atoms with Gasteiger partial charge in [-0.25, -0.2) is 4.57 Å². The van der Waals surface area contributed by atoms with Gasteiger partial charge in [-0.1, -0.05) is 18.2 Å². The van der Waals surface area contributed by atoms with Crippen LogP contribution in [0.15, 0.2) is 41.7 Å². The van der Waals surface area contributed by atoms with Gasteiger partial charge in [0.15, 0.2) is 0 Å². The lowest BCUT2D eigenvalue weighted by atomic mass is 10.2. The summed E-state index contributed by atoms with van der Waals surface area (Å²) in [6, 6.07) is 7.40. The molecular weight excluding hydrogens is 248 g/mol. The van der Waals surface area contributed by atoms with Gasteiger partial charge in [0.1, 0.15) is 5.52 Å². The van der Waals surface area contributed by atoms with E-state index in [2.05, 4.69) is 16.8 Å².